The Bertz CT molecular complexity index is 852. The van der Waals surface area contributed by atoms with Crippen LogP contribution in [0.5, 0.6) is 0 Å². The molecule has 0 aromatic heterocycles. The van der Waals surface area contributed by atoms with E-state index in [1.165, 1.54) is 0 Å². The first-order valence-corrected chi connectivity index (χ1v) is 8.89. The minimum Gasteiger partial charge on any atom is -0.366 e. The Morgan fingerprint density at radius 1 is 1.08 bits per heavy atom. The van der Waals surface area contributed by atoms with Gasteiger partial charge in [0.15, 0.2) is 0 Å². The lowest BCUT2D eigenvalue weighted by Gasteiger charge is -2.19. The van der Waals surface area contributed by atoms with E-state index >= 15 is 0 Å². The number of benzene rings is 2. The normalized spacial score (nSPS) is 17.8. The van der Waals surface area contributed by atoms with Crippen LogP contribution in [0.15, 0.2) is 42.5 Å². The molecule has 2 aliphatic carbocycles. The molecule has 0 spiro atoms. The lowest BCUT2D eigenvalue weighted by Crippen LogP contribution is -2.28. The van der Waals surface area contributed by atoms with E-state index in [-0.39, 0.29) is 5.91 Å². The van der Waals surface area contributed by atoms with Crippen LogP contribution in [0.1, 0.15) is 53.1 Å². The molecule has 0 atom stereocenters. The molecule has 2 fully saturated rings. The first-order valence-electron chi connectivity index (χ1n) is 8.51. The van der Waals surface area contributed by atoms with E-state index in [0.717, 1.165) is 36.8 Å². The number of hydrogen-bond acceptors (Lipinski definition) is 2. The third kappa shape index (κ3) is 2.91. The molecule has 0 aliphatic heterocycles. The molecule has 2 aromatic carbocycles. The van der Waals surface area contributed by atoms with Crippen molar-refractivity contribution < 1.29 is 9.59 Å². The van der Waals surface area contributed by atoms with Crippen molar-refractivity contribution in [3.8, 4) is 0 Å². The first kappa shape index (κ1) is 16.2. The molecule has 3 N–H and O–H groups in total. The highest BCUT2D eigenvalue weighted by atomic mass is 35.5. The fourth-order valence-corrected chi connectivity index (χ4v) is 3.61. The summed E-state index contributed by atoms with van der Waals surface area (Å²) in [6.07, 6.45) is 3.68. The fraction of sp³-hybridized carbons (Fsp3) is 0.300. The number of hydrogen-bond donors (Lipinski definition) is 2. The Kier molecular flexibility index (Phi) is 3.80. The average Bonchev–Trinajstić information content (AvgIpc) is 3.48. The van der Waals surface area contributed by atoms with E-state index in [9.17, 15) is 9.59 Å². The predicted octanol–water partition coefficient (Wildman–Crippen LogP) is 3.99. The van der Waals surface area contributed by atoms with E-state index < -0.39 is 11.3 Å². The lowest BCUT2D eigenvalue weighted by molar-refractivity contribution is -0.118. The molecule has 0 saturated heterocycles. The standard InChI is InChI=1S/C20H19ClN2O2/c21-14-8-6-13(7-9-14)20(10-11-20)19(25)23-16-3-1-2-15(18(22)24)17(16)12-4-5-12/h1-3,6-9,12H,4-5,10-11H2,(H2,22,24)(H,23,25). The van der Waals surface area contributed by atoms with E-state index in [1.54, 1.807) is 12.1 Å². The molecule has 0 bridgehead atoms. The quantitative estimate of drug-likeness (QED) is 0.852. The first-order chi connectivity index (χ1) is 12.0. The Balaban J connectivity index is 1.64. The van der Waals surface area contributed by atoms with E-state index in [4.69, 9.17) is 17.3 Å². The zero-order chi connectivity index (χ0) is 17.6. The number of nitrogens with two attached hydrogens (primary N) is 1. The van der Waals surface area contributed by atoms with Crippen LogP contribution in [0.25, 0.3) is 0 Å². The lowest BCUT2D eigenvalue weighted by atomic mass is 9.94. The molecular weight excluding hydrogens is 336 g/mol. The van der Waals surface area contributed by atoms with Crippen LogP contribution in [0, 0.1) is 0 Å². The summed E-state index contributed by atoms with van der Waals surface area (Å²) in [7, 11) is 0. The highest BCUT2D eigenvalue weighted by Crippen LogP contribution is 2.50. The highest BCUT2D eigenvalue weighted by Gasteiger charge is 2.51. The second kappa shape index (κ2) is 5.88. The van der Waals surface area contributed by atoms with Crippen molar-refractivity contribution in [3.63, 3.8) is 0 Å². The summed E-state index contributed by atoms with van der Waals surface area (Å²) in [5.41, 5.74) is 8.11. The molecule has 0 unspecified atom stereocenters. The number of anilines is 1. The van der Waals surface area contributed by atoms with Crippen molar-refractivity contribution >= 4 is 29.1 Å². The zero-order valence-corrected chi connectivity index (χ0v) is 14.5. The van der Waals surface area contributed by atoms with Gasteiger partial charge in [0.05, 0.1) is 5.41 Å². The second-order valence-electron chi connectivity index (χ2n) is 6.95. The summed E-state index contributed by atoms with van der Waals surface area (Å²) in [6.45, 7) is 0. The maximum atomic E-state index is 13.0. The van der Waals surface area contributed by atoms with Crippen LogP contribution in [0.4, 0.5) is 5.69 Å². The molecule has 2 amide bonds. The Hall–Kier alpha value is -2.33. The molecule has 25 heavy (non-hydrogen) atoms. The van der Waals surface area contributed by atoms with E-state index in [2.05, 4.69) is 5.32 Å². The Labute approximate surface area is 151 Å². The average molecular weight is 355 g/mol. The van der Waals surface area contributed by atoms with Crippen LogP contribution in [0.3, 0.4) is 0 Å². The molecule has 2 saturated carbocycles. The summed E-state index contributed by atoms with van der Waals surface area (Å²) in [5.74, 6) is -0.167. The van der Waals surface area contributed by atoms with Gasteiger partial charge in [0.25, 0.3) is 0 Å². The molecule has 2 aromatic rings. The third-order valence-electron chi connectivity index (χ3n) is 5.19. The molecule has 128 valence electrons. The molecule has 0 radical (unpaired) electrons. The number of carbonyl (C=O) groups excluding carboxylic acids is 2. The van der Waals surface area contributed by atoms with E-state index in [0.29, 0.717) is 22.2 Å². The smallest absolute Gasteiger partial charge is 0.249 e. The number of nitrogens with one attached hydrogen (secondary N) is 1. The monoisotopic (exact) mass is 354 g/mol. The van der Waals surface area contributed by atoms with Gasteiger partial charge in [-0.25, -0.2) is 0 Å². The van der Waals surface area contributed by atoms with Crippen molar-refractivity contribution in [1.82, 2.24) is 0 Å². The predicted molar refractivity (Wildman–Crippen MR) is 97.9 cm³/mol. The number of halogens is 1. The maximum Gasteiger partial charge on any atom is 0.249 e. The SMILES string of the molecule is NC(=O)c1cccc(NC(=O)C2(c3ccc(Cl)cc3)CC2)c1C1CC1. The van der Waals surface area contributed by atoms with Crippen molar-refractivity contribution in [2.24, 2.45) is 5.73 Å². The highest BCUT2D eigenvalue weighted by molar-refractivity contribution is 6.30. The number of amides is 2. The summed E-state index contributed by atoms with van der Waals surface area (Å²) in [5, 5.41) is 3.72. The van der Waals surface area contributed by atoms with Crippen molar-refractivity contribution in [2.45, 2.75) is 37.0 Å². The topological polar surface area (TPSA) is 72.2 Å². The Morgan fingerprint density at radius 3 is 2.32 bits per heavy atom. The van der Waals surface area contributed by atoms with E-state index in [1.807, 2.05) is 30.3 Å². The number of rotatable bonds is 5. The van der Waals surface area contributed by atoms with Gasteiger partial charge in [-0.3, -0.25) is 9.59 Å². The van der Waals surface area contributed by atoms with Gasteiger partial charge in [-0.05, 0) is 67.0 Å². The van der Waals surface area contributed by atoms with Crippen LogP contribution in [-0.2, 0) is 10.2 Å². The van der Waals surface area contributed by atoms with Crippen LogP contribution < -0.4 is 11.1 Å². The number of carbonyl (C=O) groups is 2. The minimum absolute atomic E-state index is 0.0293. The number of primary amides is 1. The van der Waals surface area contributed by atoms with Crippen molar-refractivity contribution in [1.29, 1.82) is 0 Å². The van der Waals surface area contributed by atoms with Crippen LogP contribution in [0.2, 0.25) is 5.02 Å². The second-order valence-corrected chi connectivity index (χ2v) is 7.38. The minimum atomic E-state index is -0.492. The summed E-state index contributed by atoms with van der Waals surface area (Å²) in [4.78, 5) is 24.7. The van der Waals surface area contributed by atoms with Gasteiger partial charge in [-0.2, -0.15) is 0 Å². The summed E-state index contributed by atoms with van der Waals surface area (Å²) in [6, 6.07) is 12.8. The molecule has 4 rings (SSSR count). The third-order valence-corrected chi connectivity index (χ3v) is 5.44. The molecule has 4 nitrogen and oxygen atoms in total. The van der Waals surface area contributed by atoms with Gasteiger partial charge in [0, 0.05) is 16.3 Å². The summed E-state index contributed by atoms with van der Waals surface area (Å²) < 4.78 is 0. The van der Waals surface area contributed by atoms with Crippen LogP contribution >= 0.6 is 11.6 Å². The van der Waals surface area contributed by atoms with Gasteiger partial charge >= 0.3 is 0 Å². The summed E-state index contributed by atoms with van der Waals surface area (Å²) >= 11 is 5.96. The van der Waals surface area contributed by atoms with Gasteiger partial charge in [-0.15, -0.1) is 0 Å². The maximum absolute atomic E-state index is 13.0. The van der Waals surface area contributed by atoms with Crippen molar-refractivity contribution in [2.75, 3.05) is 5.32 Å². The molecule has 0 heterocycles. The Morgan fingerprint density at radius 2 is 1.76 bits per heavy atom. The fourth-order valence-electron chi connectivity index (χ4n) is 3.48. The molecular formula is C20H19ClN2O2. The molecule has 5 heteroatoms. The van der Waals surface area contributed by atoms with Gasteiger partial charge < -0.3 is 11.1 Å². The van der Waals surface area contributed by atoms with Gasteiger partial charge in [-0.1, -0.05) is 29.8 Å². The van der Waals surface area contributed by atoms with Crippen LogP contribution in [-0.4, -0.2) is 11.8 Å². The molecule has 2 aliphatic rings. The van der Waals surface area contributed by atoms with Gasteiger partial charge in [0.2, 0.25) is 11.8 Å². The zero-order valence-electron chi connectivity index (χ0n) is 13.7. The van der Waals surface area contributed by atoms with Crippen molar-refractivity contribution in [3.05, 3.63) is 64.2 Å². The van der Waals surface area contributed by atoms with Gasteiger partial charge in [0.1, 0.15) is 0 Å². The largest absolute Gasteiger partial charge is 0.366 e.